The topological polar surface area (TPSA) is 163 Å². The average Bonchev–Trinajstić information content (AvgIpc) is 3.02. The maximum absolute atomic E-state index is 12.9. The van der Waals surface area contributed by atoms with Gasteiger partial charge in [0.1, 0.15) is 12.1 Å². The average molecular weight is 400 g/mol. The Bertz CT molecular complexity index is 612. The van der Waals surface area contributed by atoms with Gasteiger partial charge in [-0.25, -0.2) is 4.79 Å². The summed E-state index contributed by atoms with van der Waals surface area (Å²) in [6.07, 6.45) is 3.01. The zero-order valence-electron chi connectivity index (χ0n) is 16.0. The van der Waals surface area contributed by atoms with Crippen LogP contribution in [-0.2, 0) is 19.2 Å². The lowest BCUT2D eigenvalue weighted by Gasteiger charge is -2.43. The number of nitrogens with zero attached hydrogens (tertiary/aromatic N) is 2. The first-order chi connectivity index (χ1) is 13.3. The number of piperazine rings is 1. The minimum Gasteiger partial charge on any atom is -0.481 e. The Balaban J connectivity index is 2.14. The zero-order valence-corrected chi connectivity index (χ0v) is 16.0. The highest BCUT2D eigenvalue weighted by molar-refractivity contribution is 5.92. The minimum absolute atomic E-state index is 0.148. The molecule has 2 amide bonds. The fourth-order valence-electron chi connectivity index (χ4n) is 4.32. The molecule has 0 bridgehead atoms. The highest BCUT2D eigenvalue weighted by atomic mass is 16.4. The van der Waals surface area contributed by atoms with E-state index in [0.717, 1.165) is 19.4 Å². The number of carboxylic acid groups (broad SMARTS) is 2. The summed E-state index contributed by atoms with van der Waals surface area (Å²) in [6.45, 7) is 0.387. The summed E-state index contributed by atoms with van der Waals surface area (Å²) in [4.78, 5) is 50.8. The van der Waals surface area contributed by atoms with Crippen molar-refractivity contribution in [3.63, 3.8) is 0 Å². The van der Waals surface area contributed by atoms with Gasteiger partial charge in [-0.05, 0) is 38.0 Å². The molecule has 0 aromatic carbocycles. The second-order valence-electron chi connectivity index (χ2n) is 7.52. The number of hydrogen-bond donors (Lipinski definition) is 4. The first-order valence-electron chi connectivity index (χ1n) is 9.78. The second-order valence-corrected chi connectivity index (χ2v) is 7.52. The molecule has 10 heteroatoms. The van der Waals surface area contributed by atoms with Gasteiger partial charge in [0, 0.05) is 19.4 Å². The quantitative estimate of drug-likeness (QED) is 0.325. The molecular weight excluding hydrogens is 370 g/mol. The third-order valence-corrected chi connectivity index (χ3v) is 5.65. The standard InChI is InChI=1S/C18H29N3O7/c19-7-3-1-2-4-14(23)20-9-12-8-11(5-6-15(24)25)16(18(27)28)21(12)17(26)13(20)10-22/h11-13,16,22H,1-10,19H2,(H,24,25)(H,27,28)/p+1/t11-,12-,13-,16-/m0/s1. The van der Waals surface area contributed by atoms with Crippen molar-refractivity contribution in [1.82, 2.24) is 9.80 Å². The summed E-state index contributed by atoms with van der Waals surface area (Å²) >= 11 is 0. The van der Waals surface area contributed by atoms with Crippen molar-refractivity contribution in [2.45, 2.75) is 63.1 Å². The molecule has 0 aliphatic carbocycles. The predicted octanol–water partition coefficient (Wildman–Crippen LogP) is -1.47. The molecule has 0 spiro atoms. The molecule has 2 fully saturated rings. The molecule has 2 heterocycles. The van der Waals surface area contributed by atoms with Crippen LogP contribution in [0.5, 0.6) is 0 Å². The summed E-state index contributed by atoms with van der Waals surface area (Å²) < 4.78 is 0. The fraction of sp³-hybridized carbons (Fsp3) is 0.778. The molecule has 2 aliphatic heterocycles. The highest BCUT2D eigenvalue weighted by Gasteiger charge is 2.53. The van der Waals surface area contributed by atoms with E-state index >= 15 is 0 Å². The largest absolute Gasteiger partial charge is 0.481 e. The summed E-state index contributed by atoms with van der Waals surface area (Å²) in [6, 6.07) is -2.68. The molecule has 2 aliphatic rings. The molecule has 158 valence electrons. The van der Waals surface area contributed by atoms with Crippen LogP contribution < -0.4 is 5.73 Å². The number of rotatable bonds is 10. The monoisotopic (exact) mass is 400 g/mol. The third kappa shape index (κ3) is 4.79. The van der Waals surface area contributed by atoms with Gasteiger partial charge >= 0.3 is 11.9 Å². The summed E-state index contributed by atoms with van der Waals surface area (Å²) in [5.41, 5.74) is 3.75. The van der Waals surface area contributed by atoms with Crippen molar-refractivity contribution in [1.29, 1.82) is 0 Å². The van der Waals surface area contributed by atoms with Gasteiger partial charge in [0.25, 0.3) is 0 Å². The molecule has 4 atom stereocenters. The Morgan fingerprint density at radius 1 is 1.11 bits per heavy atom. The van der Waals surface area contributed by atoms with Crippen LogP contribution in [-0.4, -0.2) is 86.7 Å². The van der Waals surface area contributed by atoms with Crippen molar-refractivity contribution in [3.05, 3.63) is 0 Å². The van der Waals surface area contributed by atoms with E-state index in [4.69, 9.17) is 5.11 Å². The van der Waals surface area contributed by atoms with Crippen LogP contribution in [0.25, 0.3) is 0 Å². The Morgan fingerprint density at radius 2 is 1.82 bits per heavy atom. The number of carboxylic acids is 2. The first kappa shape index (κ1) is 22.1. The van der Waals surface area contributed by atoms with Gasteiger partial charge in [-0.2, -0.15) is 0 Å². The van der Waals surface area contributed by atoms with Gasteiger partial charge in [0.15, 0.2) is 0 Å². The van der Waals surface area contributed by atoms with Gasteiger partial charge in [-0.3, -0.25) is 14.4 Å². The van der Waals surface area contributed by atoms with Crippen LogP contribution in [0.4, 0.5) is 0 Å². The zero-order chi connectivity index (χ0) is 20.8. The van der Waals surface area contributed by atoms with Gasteiger partial charge in [-0.15, -0.1) is 0 Å². The van der Waals surface area contributed by atoms with Gasteiger partial charge in [0.2, 0.25) is 11.8 Å². The molecule has 0 saturated carbocycles. The van der Waals surface area contributed by atoms with Crippen LogP contribution in [0.1, 0.15) is 44.9 Å². The van der Waals surface area contributed by atoms with E-state index in [1.165, 1.54) is 9.80 Å². The SMILES string of the molecule is [NH3+]CCCCCC(=O)N1C[C@@H]2C[C@H](CCC(=O)O)[C@@H](C(=O)O)N2C(=O)[C@@H]1CO. The lowest BCUT2D eigenvalue weighted by molar-refractivity contribution is -0.368. The summed E-state index contributed by atoms with van der Waals surface area (Å²) in [5, 5.41) is 28.2. The van der Waals surface area contributed by atoms with Crippen molar-refractivity contribution in [2.75, 3.05) is 19.7 Å². The van der Waals surface area contributed by atoms with Gasteiger partial charge in [0.05, 0.1) is 19.2 Å². The number of quaternary nitrogens is 1. The minimum atomic E-state index is -1.18. The lowest BCUT2D eigenvalue weighted by Crippen LogP contribution is -2.64. The number of aliphatic hydroxyl groups excluding tert-OH is 1. The van der Waals surface area contributed by atoms with E-state index in [0.29, 0.717) is 12.8 Å². The predicted molar refractivity (Wildman–Crippen MR) is 95.8 cm³/mol. The maximum atomic E-state index is 12.9. The number of aliphatic hydroxyl groups is 1. The van der Waals surface area contributed by atoms with E-state index in [1.54, 1.807) is 0 Å². The number of hydrogen-bond acceptors (Lipinski definition) is 5. The molecule has 0 radical (unpaired) electrons. The molecule has 2 saturated heterocycles. The van der Waals surface area contributed by atoms with Gasteiger partial charge in [-0.1, -0.05) is 0 Å². The smallest absolute Gasteiger partial charge is 0.326 e. The van der Waals surface area contributed by atoms with E-state index < -0.39 is 48.5 Å². The number of amides is 2. The molecule has 10 nitrogen and oxygen atoms in total. The van der Waals surface area contributed by atoms with Crippen LogP contribution in [0.2, 0.25) is 0 Å². The Morgan fingerprint density at radius 3 is 2.39 bits per heavy atom. The molecule has 28 heavy (non-hydrogen) atoms. The van der Waals surface area contributed by atoms with Crippen molar-refractivity contribution in [3.8, 4) is 0 Å². The van der Waals surface area contributed by atoms with Crippen LogP contribution in [0.3, 0.4) is 0 Å². The lowest BCUT2D eigenvalue weighted by atomic mass is 9.93. The van der Waals surface area contributed by atoms with Crippen molar-refractivity contribution >= 4 is 23.8 Å². The molecular formula is C18H30N3O7+. The molecule has 6 N–H and O–H groups in total. The van der Waals surface area contributed by atoms with E-state index in [-0.39, 0.29) is 31.7 Å². The van der Waals surface area contributed by atoms with Crippen LogP contribution in [0.15, 0.2) is 0 Å². The number of aliphatic carboxylic acids is 2. The van der Waals surface area contributed by atoms with E-state index in [2.05, 4.69) is 5.73 Å². The number of carbonyl (C=O) groups excluding carboxylic acids is 2. The third-order valence-electron chi connectivity index (χ3n) is 5.65. The second kappa shape index (κ2) is 9.83. The molecule has 2 rings (SSSR count). The Hall–Kier alpha value is -2.20. The number of unbranched alkanes of at least 4 members (excludes halogenated alkanes) is 2. The van der Waals surface area contributed by atoms with Crippen molar-refractivity contribution < 1.29 is 40.2 Å². The first-order valence-corrected chi connectivity index (χ1v) is 9.78. The van der Waals surface area contributed by atoms with E-state index in [1.807, 2.05) is 0 Å². The Labute approximate surface area is 163 Å². The van der Waals surface area contributed by atoms with Crippen molar-refractivity contribution in [2.24, 2.45) is 5.92 Å². The van der Waals surface area contributed by atoms with E-state index in [9.17, 15) is 29.4 Å². The maximum Gasteiger partial charge on any atom is 0.326 e. The van der Waals surface area contributed by atoms with Crippen LogP contribution >= 0.6 is 0 Å². The number of fused-ring (bicyclic) bond motifs is 1. The molecule has 0 unspecified atom stereocenters. The number of carbonyl (C=O) groups is 4. The Kier molecular flexibility index (Phi) is 7.76. The normalized spacial score (nSPS) is 27.0. The molecule has 0 aromatic rings. The summed E-state index contributed by atoms with van der Waals surface area (Å²) in [7, 11) is 0. The summed E-state index contributed by atoms with van der Waals surface area (Å²) in [5.74, 6) is -3.50. The fourth-order valence-corrected chi connectivity index (χ4v) is 4.32. The highest BCUT2D eigenvalue weighted by Crippen LogP contribution is 2.37. The van der Waals surface area contributed by atoms with Gasteiger partial charge < -0.3 is 30.9 Å². The molecule has 0 aromatic heterocycles. The van der Waals surface area contributed by atoms with Crippen LogP contribution in [0, 0.1) is 5.92 Å².